The monoisotopic (exact) mass is 250 g/mol. The first-order chi connectivity index (χ1) is 8.58. The van der Waals surface area contributed by atoms with Crippen LogP contribution in [0, 0.1) is 0 Å². The Morgan fingerprint density at radius 1 is 1.28 bits per heavy atom. The molecule has 5 nitrogen and oxygen atoms in total. The zero-order valence-corrected chi connectivity index (χ0v) is 10.1. The van der Waals surface area contributed by atoms with Crippen molar-refractivity contribution in [1.29, 1.82) is 0 Å². The number of amides is 1. The van der Waals surface area contributed by atoms with E-state index in [1.807, 2.05) is 30.3 Å². The molecule has 1 heterocycles. The highest BCUT2D eigenvalue weighted by molar-refractivity contribution is 5.82. The fourth-order valence-electron chi connectivity index (χ4n) is 2.14. The number of hydrogen-bond donors (Lipinski definition) is 3. The maximum atomic E-state index is 12.0. The quantitative estimate of drug-likeness (QED) is 0.650. The first-order valence-electron chi connectivity index (χ1n) is 6.02. The molecule has 1 saturated heterocycles. The second kappa shape index (κ2) is 5.48. The van der Waals surface area contributed by atoms with Crippen LogP contribution >= 0.6 is 0 Å². The lowest BCUT2D eigenvalue weighted by Gasteiger charge is -2.20. The fraction of sp³-hybridized carbons (Fsp3) is 0.462. The average Bonchev–Trinajstić information content (AvgIpc) is 2.70. The van der Waals surface area contributed by atoms with Crippen LogP contribution in [-0.2, 0) is 11.2 Å². The number of aliphatic hydroxyl groups excluding tert-OH is 2. The van der Waals surface area contributed by atoms with Gasteiger partial charge in [0.1, 0.15) is 0 Å². The molecule has 1 aliphatic rings. The summed E-state index contributed by atoms with van der Waals surface area (Å²) in [6, 6.07) is 8.90. The summed E-state index contributed by atoms with van der Waals surface area (Å²) in [6.07, 6.45) is -1.27. The average molecular weight is 250 g/mol. The van der Waals surface area contributed by atoms with Crippen molar-refractivity contribution < 1.29 is 15.0 Å². The van der Waals surface area contributed by atoms with Gasteiger partial charge in [-0.15, -0.1) is 0 Å². The molecule has 0 aromatic heterocycles. The van der Waals surface area contributed by atoms with E-state index in [2.05, 4.69) is 0 Å². The number of likely N-dealkylation sites (tertiary alicyclic amines) is 1. The maximum Gasteiger partial charge on any atom is 0.240 e. The van der Waals surface area contributed by atoms with Crippen LogP contribution in [0.1, 0.15) is 5.56 Å². The minimum absolute atomic E-state index is 0.155. The third kappa shape index (κ3) is 2.87. The van der Waals surface area contributed by atoms with Crippen molar-refractivity contribution in [3.63, 3.8) is 0 Å². The first kappa shape index (κ1) is 13.0. The van der Waals surface area contributed by atoms with Gasteiger partial charge in [0.25, 0.3) is 0 Å². The molecule has 0 bridgehead atoms. The summed E-state index contributed by atoms with van der Waals surface area (Å²) in [7, 11) is 0. The van der Waals surface area contributed by atoms with Crippen molar-refractivity contribution in [2.45, 2.75) is 24.7 Å². The topological polar surface area (TPSA) is 86.8 Å². The lowest BCUT2D eigenvalue weighted by Crippen LogP contribution is -2.44. The standard InChI is InChI=1S/C13H18N2O3/c14-10(6-9-4-2-1-3-5-9)13(18)15-7-11(16)12(17)8-15/h1-5,10-12,16-17H,6-8,14H2/t10-,11-,12+/m1/s1. The highest BCUT2D eigenvalue weighted by Gasteiger charge is 2.34. The van der Waals surface area contributed by atoms with E-state index in [9.17, 15) is 15.0 Å². The summed E-state index contributed by atoms with van der Waals surface area (Å²) < 4.78 is 0. The molecule has 5 heteroatoms. The van der Waals surface area contributed by atoms with Crippen LogP contribution in [0.3, 0.4) is 0 Å². The van der Waals surface area contributed by atoms with E-state index in [1.165, 1.54) is 4.90 Å². The van der Waals surface area contributed by atoms with Gasteiger partial charge in [-0.2, -0.15) is 0 Å². The molecule has 0 saturated carbocycles. The second-order valence-corrected chi connectivity index (χ2v) is 4.67. The van der Waals surface area contributed by atoms with Gasteiger partial charge in [-0.1, -0.05) is 30.3 Å². The Hall–Kier alpha value is -1.43. The van der Waals surface area contributed by atoms with E-state index in [-0.39, 0.29) is 19.0 Å². The summed E-state index contributed by atoms with van der Waals surface area (Å²) in [5, 5.41) is 18.8. The number of carbonyl (C=O) groups excluding carboxylic acids is 1. The van der Waals surface area contributed by atoms with Crippen molar-refractivity contribution in [2.24, 2.45) is 5.73 Å². The number of hydrogen-bond acceptors (Lipinski definition) is 4. The maximum absolute atomic E-state index is 12.0. The molecule has 1 aromatic carbocycles. The summed E-state index contributed by atoms with van der Waals surface area (Å²) in [5.41, 5.74) is 6.86. The molecule has 3 atom stereocenters. The molecule has 18 heavy (non-hydrogen) atoms. The van der Waals surface area contributed by atoms with Crippen molar-refractivity contribution >= 4 is 5.91 Å². The molecule has 0 unspecified atom stereocenters. The van der Waals surface area contributed by atoms with Gasteiger partial charge in [-0.3, -0.25) is 4.79 Å². The van der Waals surface area contributed by atoms with Gasteiger partial charge in [-0.05, 0) is 12.0 Å². The summed E-state index contributed by atoms with van der Waals surface area (Å²) >= 11 is 0. The van der Waals surface area contributed by atoms with Crippen LogP contribution in [0.15, 0.2) is 30.3 Å². The third-order valence-electron chi connectivity index (χ3n) is 3.19. The van der Waals surface area contributed by atoms with Crippen LogP contribution in [0.2, 0.25) is 0 Å². The Balaban J connectivity index is 1.93. The lowest BCUT2D eigenvalue weighted by atomic mass is 10.1. The largest absolute Gasteiger partial charge is 0.388 e. The van der Waals surface area contributed by atoms with Gasteiger partial charge in [0.2, 0.25) is 5.91 Å². The van der Waals surface area contributed by atoms with Crippen LogP contribution in [0.4, 0.5) is 0 Å². The second-order valence-electron chi connectivity index (χ2n) is 4.67. The van der Waals surface area contributed by atoms with Gasteiger partial charge < -0.3 is 20.8 Å². The van der Waals surface area contributed by atoms with E-state index in [0.717, 1.165) is 5.56 Å². The number of aliphatic hydroxyl groups is 2. The van der Waals surface area contributed by atoms with Gasteiger partial charge in [0.05, 0.1) is 18.2 Å². The molecule has 1 amide bonds. The first-order valence-corrected chi connectivity index (χ1v) is 6.02. The van der Waals surface area contributed by atoms with Crippen molar-refractivity contribution in [1.82, 2.24) is 4.90 Å². The molecule has 0 spiro atoms. The normalized spacial score (nSPS) is 25.2. The van der Waals surface area contributed by atoms with Gasteiger partial charge in [0, 0.05) is 13.1 Å². The third-order valence-corrected chi connectivity index (χ3v) is 3.19. The van der Waals surface area contributed by atoms with E-state index >= 15 is 0 Å². The van der Waals surface area contributed by atoms with Crippen LogP contribution in [0.5, 0.6) is 0 Å². The van der Waals surface area contributed by atoms with Gasteiger partial charge in [-0.25, -0.2) is 0 Å². The summed E-state index contributed by atoms with van der Waals surface area (Å²) in [4.78, 5) is 13.4. The lowest BCUT2D eigenvalue weighted by molar-refractivity contribution is -0.132. The fourth-order valence-corrected chi connectivity index (χ4v) is 2.14. The molecule has 2 rings (SSSR count). The zero-order chi connectivity index (χ0) is 13.1. The zero-order valence-electron chi connectivity index (χ0n) is 10.1. The van der Waals surface area contributed by atoms with Crippen molar-refractivity contribution in [3.05, 3.63) is 35.9 Å². The Labute approximate surface area is 106 Å². The van der Waals surface area contributed by atoms with Gasteiger partial charge in [0.15, 0.2) is 0 Å². The Bertz CT molecular complexity index is 400. The summed E-state index contributed by atoms with van der Waals surface area (Å²) in [6.45, 7) is 0.310. The van der Waals surface area contributed by atoms with E-state index < -0.39 is 18.2 Å². The Morgan fingerprint density at radius 2 is 1.83 bits per heavy atom. The molecular weight excluding hydrogens is 232 g/mol. The van der Waals surface area contributed by atoms with Crippen molar-refractivity contribution in [3.8, 4) is 0 Å². The Kier molecular flexibility index (Phi) is 3.96. The number of nitrogens with two attached hydrogens (primary N) is 1. The smallest absolute Gasteiger partial charge is 0.240 e. The highest BCUT2D eigenvalue weighted by Crippen LogP contribution is 2.12. The number of nitrogens with zero attached hydrogens (tertiary/aromatic N) is 1. The Morgan fingerprint density at radius 3 is 2.39 bits per heavy atom. The van der Waals surface area contributed by atoms with E-state index in [0.29, 0.717) is 6.42 Å². The molecule has 1 fully saturated rings. The predicted octanol–water partition coefficient (Wildman–Crippen LogP) is -0.880. The number of β-amino-alcohol motifs (C(OH)–C–C–N with tert-alkyl or cyclic N) is 2. The van der Waals surface area contributed by atoms with Crippen LogP contribution in [-0.4, -0.2) is 52.4 Å². The minimum Gasteiger partial charge on any atom is -0.388 e. The van der Waals surface area contributed by atoms with E-state index in [1.54, 1.807) is 0 Å². The molecule has 1 aliphatic heterocycles. The van der Waals surface area contributed by atoms with Crippen molar-refractivity contribution in [2.75, 3.05) is 13.1 Å². The molecule has 0 aliphatic carbocycles. The minimum atomic E-state index is -0.863. The number of carbonyl (C=O) groups is 1. The molecule has 1 aromatic rings. The summed E-state index contributed by atoms with van der Waals surface area (Å²) in [5.74, 6) is -0.227. The molecule has 4 N–H and O–H groups in total. The molecule has 98 valence electrons. The SMILES string of the molecule is N[C@H](Cc1ccccc1)C(=O)N1C[C@@H](O)[C@@H](O)C1. The predicted molar refractivity (Wildman–Crippen MR) is 66.7 cm³/mol. The van der Waals surface area contributed by atoms with Crippen LogP contribution < -0.4 is 5.73 Å². The van der Waals surface area contributed by atoms with Gasteiger partial charge >= 0.3 is 0 Å². The highest BCUT2D eigenvalue weighted by atomic mass is 16.3. The molecule has 0 radical (unpaired) electrons. The molecular formula is C13H18N2O3. The number of rotatable bonds is 3. The van der Waals surface area contributed by atoms with E-state index in [4.69, 9.17) is 5.73 Å². The van der Waals surface area contributed by atoms with Crippen LogP contribution in [0.25, 0.3) is 0 Å². The number of benzene rings is 1.